The van der Waals surface area contributed by atoms with Gasteiger partial charge in [0.15, 0.2) is 5.96 Å². The lowest BCUT2D eigenvalue weighted by molar-refractivity contribution is 0.208. The molecule has 1 unspecified atom stereocenters. The summed E-state index contributed by atoms with van der Waals surface area (Å²) in [7, 11) is 0. The number of benzene rings is 2. The summed E-state index contributed by atoms with van der Waals surface area (Å²) >= 11 is 0. The van der Waals surface area contributed by atoms with Gasteiger partial charge in [-0.15, -0.1) is 0 Å². The third-order valence-corrected chi connectivity index (χ3v) is 3.92. The molecule has 2 aromatic rings. The van der Waals surface area contributed by atoms with Crippen LogP contribution in [0.4, 0.5) is 0 Å². The van der Waals surface area contributed by atoms with Crippen LogP contribution in [0, 0.1) is 6.92 Å². The summed E-state index contributed by atoms with van der Waals surface area (Å²) in [6.45, 7) is 4.08. The van der Waals surface area contributed by atoms with E-state index in [2.05, 4.69) is 35.0 Å². The molecule has 0 fully saturated rings. The Bertz CT molecular complexity index is 654. The zero-order valence-corrected chi connectivity index (χ0v) is 12.8. The molecule has 1 heterocycles. The van der Waals surface area contributed by atoms with E-state index in [-0.39, 0.29) is 6.04 Å². The van der Waals surface area contributed by atoms with Gasteiger partial charge in [-0.05, 0) is 24.1 Å². The van der Waals surface area contributed by atoms with E-state index >= 15 is 0 Å². The van der Waals surface area contributed by atoms with Gasteiger partial charge in [0.1, 0.15) is 12.4 Å². The normalized spacial score (nSPS) is 17.4. The number of hydrogen-bond acceptors (Lipinski definition) is 4. The van der Waals surface area contributed by atoms with Crippen molar-refractivity contribution in [1.29, 1.82) is 0 Å². The quantitative estimate of drug-likeness (QED) is 0.922. The van der Waals surface area contributed by atoms with E-state index in [1.807, 2.05) is 36.4 Å². The molecule has 1 aliphatic heterocycles. The third kappa shape index (κ3) is 3.22. The number of hydrogen-bond donors (Lipinski definition) is 1. The highest BCUT2D eigenvalue weighted by Crippen LogP contribution is 2.19. The van der Waals surface area contributed by atoms with E-state index in [0.717, 1.165) is 17.9 Å². The molecule has 0 saturated heterocycles. The van der Waals surface area contributed by atoms with Gasteiger partial charge in [0.25, 0.3) is 0 Å². The minimum Gasteiger partial charge on any atom is -0.491 e. The topological polar surface area (TPSA) is 50.9 Å². The van der Waals surface area contributed by atoms with Crippen LogP contribution in [0.3, 0.4) is 0 Å². The first-order valence-electron chi connectivity index (χ1n) is 7.53. The first kappa shape index (κ1) is 14.4. The highest BCUT2D eigenvalue weighted by Gasteiger charge is 2.26. The Hall–Kier alpha value is -2.49. The van der Waals surface area contributed by atoms with E-state index in [0.29, 0.717) is 19.1 Å². The predicted molar refractivity (Wildman–Crippen MR) is 88.9 cm³/mol. The molecule has 0 aromatic heterocycles. The zero-order valence-electron chi connectivity index (χ0n) is 12.8. The number of guanidine groups is 1. The van der Waals surface area contributed by atoms with Gasteiger partial charge in [-0.2, -0.15) is 0 Å². The second-order valence-corrected chi connectivity index (χ2v) is 5.54. The maximum atomic E-state index is 6.04. The van der Waals surface area contributed by atoms with Gasteiger partial charge >= 0.3 is 0 Å². The summed E-state index contributed by atoms with van der Waals surface area (Å²) in [5, 5.41) is 0. The molecule has 1 aliphatic rings. The first-order chi connectivity index (χ1) is 10.7. The molecule has 0 saturated carbocycles. The number of para-hydroxylation sites is 1. The summed E-state index contributed by atoms with van der Waals surface area (Å²) in [6.07, 6.45) is 0. The number of aryl methyl sites for hydroxylation is 1. The highest BCUT2D eigenvalue weighted by atomic mass is 16.5. The fourth-order valence-corrected chi connectivity index (χ4v) is 2.61. The van der Waals surface area contributed by atoms with Crippen LogP contribution in [0.15, 0.2) is 59.6 Å². The Balaban J connectivity index is 1.64. The zero-order chi connectivity index (χ0) is 15.4. The Labute approximate surface area is 131 Å². The lowest BCUT2D eigenvalue weighted by Crippen LogP contribution is -2.43. The van der Waals surface area contributed by atoms with Gasteiger partial charge in [0, 0.05) is 6.54 Å². The van der Waals surface area contributed by atoms with Crippen LogP contribution in [0.5, 0.6) is 5.75 Å². The Kier molecular flexibility index (Phi) is 4.28. The molecule has 4 nitrogen and oxygen atoms in total. The van der Waals surface area contributed by atoms with Crippen LogP contribution < -0.4 is 10.5 Å². The van der Waals surface area contributed by atoms with Crippen molar-refractivity contribution in [3.05, 3.63) is 65.7 Å². The van der Waals surface area contributed by atoms with Crippen molar-refractivity contribution in [1.82, 2.24) is 4.90 Å². The minimum absolute atomic E-state index is 0.180. The molecule has 0 amide bonds. The molecule has 3 rings (SSSR count). The van der Waals surface area contributed by atoms with E-state index in [4.69, 9.17) is 10.5 Å². The van der Waals surface area contributed by atoms with E-state index in [1.54, 1.807) is 0 Å². The fourth-order valence-electron chi connectivity index (χ4n) is 2.61. The molecule has 4 heteroatoms. The summed E-state index contributed by atoms with van der Waals surface area (Å²) in [5.74, 6) is 1.52. The molecule has 114 valence electrons. The van der Waals surface area contributed by atoms with Crippen LogP contribution in [-0.2, 0) is 6.54 Å². The van der Waals surface area contributed by atoms with E-state index in [9.17, 15) is 0 Å². The molecule has 2 aromatic carbocycles. The third-order valence-electron chi connectivity index (χ3n) is 3.92. The average molecular weight is 295 g/mol. The predicted octanol–water partition coefficient (Wildman–Crippen LogP) is 2.57. The van der Waals surface area contributed by atoms with Crippen molar-refractivity contribution in [2.24, 2.45) is 10.7 Å². The fraction of sp³-hybridized carbons (Fsp3) is 0.278. The number of nitrogens with two attached hydrogens (primary N) is 1. The summed E-state index contributed by atoms with van der Waals surface area (Å²) in [5.41, 5.74) is 8.40. The van der Waals surface area contributed by atoms with Crippen molar-refractivity contribution >= 4 is 5.96 Å². The van der Waals surface area contributed by atoms with Crippen molar-refractivity contribution in [2.75, 3.05) is 13.2 Å². The maximum Gasteiger partial charge on any atom is 0.192 e. The summed E-state index contributed by atoms with van der Waals surface area (Å²) in [6, 6.07) is 18.5. The van der Waals surface area contributed by atoms with Crippen LogP contribution >= 0.6 is 0 Å². The monoisotopic (exact) mass is 295 g/mol. The standard InChI is InChI=1S/C18H21N3O/c1-14-7-5-6-10-17(14)22-13-16-11-20-18(19)21(16)12-15-8-3-2-4-9-15/h2-10,16H,11-13H2,1H3,(H2,19,20). The number of rotatable bonds is 5. The van der Waals surface area contributed by atoms with Gasteiger partial charge < -0.3 is 15.4 Å². The van der Waals surface area contributed by atoms with Crippen molar-refractivity contribution in [2.45, 2.75) is 19.5 Å². The van der Waals surface area contributed by atoms with Crippen LogP contribution in [0.25, 0.3) is 0 Å². The SMILES string of the molecule is Cc1ccccc1OCC1CN=C(N)N1Cc1ccccc1. The second kappa shape index (κ2) is 6.52. The van der Waals surface area contributed by atoms with E-state index < -0.39 is 0 Å². The molecule has 0 aliphatic carbocycles. The van der Waals surface area contributed by atoms with Crippen molar-refractivity contribution < 1.29 is 4.74 Å². The molecular weight excluding hydrogens is 274 g/mol. The minimum atomic E-state index is 0.180. The van der Waals surface area contributed by atoms with Crippen LogP contribution in [0.2, 0.25) is 0 Å². The van der Waals surface area contributed by atoms with Gasteiger partial charge in [-0.25, -0.2) is 0 Å². The lowest BCUT2D eigenvalue weighted by Gasteiger charge is -2.26. The summed E-state index contributed by atoms with van der Waals surface area (Å²) < 4.78 is 5.97. The maximum absolute atomic E-state index is 6.04. The average Bonchev–Trinajstić information content (AvgIpc) is 2.88. The van der Waals surface area contributed by atoms with Gasteiger partial charge in [-0.3, -0.25) is 4.99 Å². The number of ether oxygens (including phenoxy) is 1. The summed E-state index contributed by atoms with van der Waals surface area (Å²) in [4.78, 5) is 6.49. The van der Waals surface area contributed by atoms with E-state index in [1.165, 1.54) is 5.56 Å². The molecule has 0 radical (unpaired) electrons. The van der Waals surface area contributed by atoms with Gasteiger partial charge in [-0.1, -0.05) is 48.5 Å². The first-order valence-corrected chi connectivity index (χ1v) is 7.53. The second-order valence-electron chi connectivity index (χ2n) is 5.54. The number of aliphatic imine (C=N–C) groups is 1. The largest absolute Gasteiger partial charge is 0.491 e. The Morgan fingerprint density at radius 1 is 1.14 bits per heavy atom. The number of nitrogens with zero attached hydrogens (tertiary/aromatic N) is 2. The molecule has 2 N–H and O–H groups in total. The van der Waals surface area contributed by atoms with Gasteiger partial charge in [0.05, 0.1) is 12.6 Å². The molecule has 1 atom stereocenters. The molecule has 22 heavy (non-hydrogen) atoms. The highest BCUT2D eigenvalue weighted by molar-refractivity contribution is 5.80. The van der Waals surface area contributed by atoms with Crippen molar-refractivity contribution in [3.8, 4) is 5.75 Å². The van der Waals surface area contributed by atoms with Crippen LogP contribution in [0.1, 0.15) is 11.1 Å². The lowest BCUT2D eigenvalue weighted by atomic mass is 10.2. The Morgan fingerprint density at radius 2 is 1.86 bits per heavy atom. The molecule has 0 spiro atoms. The smallest absolute Gasteiger partial charge is 0.192 e. The van der Waals surface area contributed by atoms with Crippen LogP contribution in [-0.4, -0.2) is 30.1 Å². The Morgan fingerprint density at radius 3 is 2.64 bits per heavy atom. The molecular formula is C18H21N3O. The molecule has 0 bridgehead atoms. The van der Waals surface area contributed by atoms with Crippen molar-refractivity contribution in [3.63, 3.8) is 0 Å². The van der Waals surface area contributed by atoms with Gasteiger partial charge in [0.2, 0.25) is 0 Å².